The minimum absolute atomic E-state index is 0.486. The van der Waals surface area contributed by atoms with E-state index >= 15 is 0 Å². The number of ether oxygens (including phenoxy) is 3. The molecule has 0 N–H and O–H groups in total. The molecule has 0 aromatic heterocycles. The van der Waals surface area contributed by atoms with Gasteiger partial charge < -0.3 is 14.2 Å². The molecule has 2 atom stereocenters. The molecule has 2 aliphatic heterocycles. The van der Waals surface area contributed by atoms with Gasteiger partial charge in [0.25, 0.3) is 0 Å². The van der Waals surface area contributed by atoms with Crippen molar-refractivity contribution >= 4 is 0 Å². The lowest BCUT2D eigenvalue weighted by Gasteiger charge is -2.27. The maximum atomic E-state index is 5.49. The summed E-state index contributed by atoms with van der Waals surface area (Å²) in [5, 5.41) is 0. The van der Waals surface area contributed by atoms with Crippen LogP contribution in [0.25, 0.3) is 0 Å². The molecule has 2 unspecified atom stereocenters. The summed E-state index contributed by atoms with van der Waals surface area (Å²) in [5.74, 6) is 0. The van der Waals surface area contributed by atoms with Gasteiger partial charge in [-0.1, -0.05) is 0 Å². The largest absolute Gasteiger partial charge is 0.381 e. The Kier molecular flexibility index (Phi) is 3.58. The molecule has 0 saturated carbocycles. The second kappa shape index (κ2) is 4.94. The second-order valence-electron chi connectivity index (χ2n) is 3.75. The van der Waals surface area contributed by atoms with Crippen molar-refractivity contribution in [3.05, 3.63) is 0 Å². The van der Waals surface area contributed by atoms with Gasteiger partial charge in [-0.05, 0) is 25.7 Å². The Morgan fingerprint density at radius 3 is 1.69 bits per heavy atom. The fraction of sp³-hybridized carbons (Fsp3) is 1.00. The second-order valence-corrected chi connectivity index (χ2v) is 3.75. The number of hydrogen-bond donors (Lipinski definition) is 0. The predicted octanol–water partition coefficient (Wildman–Crippen LogP) is 1.36. The van der Waals surface area contributed by atoms with E-state index in [0.29, 0.717) is 12.2 Å². The Balaban J connectivity index is 1.36. The average Bonchev–Trinajstić information content (AvgIpc) is 1.96. The molecule has 3 heteroatoms. The summed E-state index contributed by atoms with van der Waals surface area (Å²) >= 11 is 0. The highest BCUT2D eigenvalue weighted by Gasteiger charge is 2.19. The first-order valence-electron chi connectivity index (χ1n) is 5.26. The zero-order valence-electron chi connectivity index (χ0n) is 8.04. The van der Waals surface area contributed by atoms with Crippen molar-refractivity contribution in [2.75, 3.05) is 26.4 Å². The van der Waals surface area contributed by atoms with Gasteiger partial charge in [0.15, 0.2) is 0 Å². The van der Waals surface area contributed by atoms with E-state index in [1.807, 2.05) is 0 Å². The van der Waals surface area contributed by atoms with Crippen LogP contribution in [0.15, 0.2) is 0 Å². The monoisotopic (exact) mass is 186 g/mol. The van der Waals surface area contributed by atoms with Crippen molar-refractivity contribution in [1.82, 2.24) is 0 Å². The van der Waals surface area contributed by atoms with Gasteiger partial charge in [-0.2, -0.15) is 0 Å². The first-order chi connectivity index (χ1) is 6.45. The van der Waals surface area contributed by atoms with E-state index < -0.39 is 0 Å². The molecule has 13 heavy (non-hydrogen) atoms. The Hall–Kier alpha value is -0.120. The lowest BCUT2D eigenvalue weighted by atomic mass is 10.1. The highest BCUT2D eigenvalue weighted by molar-refractivity contribution is 4.67. The van der Waals surface area contributed by atoms with Gasteiger partial charge in [-0.15, -0.1) is 0 Å². The summed E-state index contributed by atoms with van der Waals surface area (Å²) in [6, 6.07) is 0. The summed E-state index contributed by atoms with van der Waals surface area (Å²) in [5.41, 5.74) is 0. The van der Waals surface area contributed by atoms with Crippen LogP contribution < -0.4 is 0 Å². The summed E-state index contributed by atoms with van der Waals surface area (Å²) in [6.07, 6.45) is 5.53. The van der Waals surface area contributed by atoms with Crippen LogP contribution in [0.5, 0.6) is 0 Å². The maximum Gasteiger partial charge on any atom is 0.0619 e. The molecule has 76 valence electrons. The van der Waals surface area contributed by atoms with E-state index in [2.05, 4.69) is 0 Å². The van der Waals surface area contributed by atoms with E-state index in [0.717, 1.165) is 39.3 Å². The van der Waals surface area contributed by atoms with Gasteiger partial charge in [0.05, 0.1) is 12.2 Å². The molecule has 2 rings (SSSR count). The average molecular weight is 186 g/mol. The van der Waals surface area contributed by atoms with Crippen LogP contribution in [0.1, 0.15) is 25.7 Å². The standard InChI is InChI=1S/C10H18O3/c1(9-3-7-12-9)5-11-6-2-10-4-8-13-10/h9-10H,1-8H2. The number of hydrogen-bond acceptors (Lipinski definition) is 3. The Bertz CT molecular complexity index is 125. The van der Waals surface area contributed by atoms with E-state index in [-0.39, 0.29) is 0 Å². The summed E-state index contributed by atoms with van der Waals surface area (Å²) < 4.78 is 16.1. The smallest absolute Gasteiger partial charge is 0.0619 e. The molecule has 0 bridgehead atoms. The Labute approximate surface area is 79.4 Å². The van der Waals surface area contributed by atoms with Gasteiger partial charge in [-0.25, -0.2) is 0 Å². The van der Waals surface area contributed by atoms with Crippen molar-refractivity contribution in [3.63, 3.8) is 0 Å². The molecule has 0 aromatic carbocycles. The molecule has 0 aliphatic carbocycles. The fourth-order valence-corrected chi connectivity index (χ4v) is 1.56. The quantitative estimate of drug-likeness (QED) is 0.586. The normalized spacial score (nSPS) is 32.3. The van der Waals surface area contributed by atoms with E-state index in [4.69, 9.17) is 14.2 Å². The Morgan fingerprint density at radius 2 is 1.38 bits per heavy atom. The van der Waals surface area contributed by atoms with Crippen LogP contribution in [-0.2, 0) is 14.2 Å². The minimum Gasteiger partial charge on any atom is -0.381 e. The van der Waals surface area contributed by atoms with Gasteiger partial charge in [0.1, 0.15) is 0 Å². The maximum absolute atomic E-state index is 5.49. The van der Waals surface area contributed by atoms with Crippen molar-refractivity contribution in [2.45, 2.75) is 37.9 Å². The fourth-order valence-electron chi connectivity index (χ4n) is 1.56. The van der Waals surface area contributed by atoms with Gasteiger partial charge in [-0.3, -0.25) is 0 Å². The first-order valence-corrected chi connectivity index (χ1v) is 5.26. The van der Waals surface area contributed by atoms with Gasteiger partial charge in [0, 0.05) is 26.4 Å². The molecule has 0 aromatic rings. The van der Waals surface area contributed by atoms with Crippen molar-refractivity contribution < 1.29 is 14.2 Å². The number of rotatable bonds is 6. The van der Waals surface area contributed by atoms with Crippen molar-refractivity contribution in [1.29, 1.82) is 0 Å². The lowest BCUT2D eigenvalue weighted by molar-refractivity contribution is -0.0795. The molecule has 2 aliphatic rings. The summed E-state index contributed by atoms with van der Waals surface area (Å²) in [7, 11) is 0. The SMILES string of the molecule is C(CC1CCO1)OCCC1CCO1. The van der Waals surface area contributed by atoms with Crippen LogP contribution in [0.4, 0.5) is 0 Å². The summed E-state index contributed by atoms with van der Waals surface area (Å²) in [6.45, 7) is 3.58. The zero-order chi connectivity index (χ0) is 8.93. The van der Waals surface area contributed by atoms with Gasteiger partial charge >= 0.3 is 0 Å². The molecule has 3 nitrogen and oxygen atoms in total. The van der Waals surface area contributed by atoms with Crippen LogP contribution in [0, 0.1) is 0 Å². The zero-order valence-corrected chi connectivity index (χ0v) is 8.04. The lowest BCUT2D eigenvalue weighted by Crippen LogP contribution is -2.29. The van der Waals surface area contributed by atoms with Crippen LogP contribution in [-0.4, -0.2) is 38.6 Å². The molecule has 2 fully saturated rings. The van der Waals surface area contributed by atoms with E-state index in [1.165, 1.54) is 12.8 Å². The van der Waals surface area contributed by atoms with Crippen LogP contribution >= 0.6 is 0 Å². The predicted molar refractivity (Wildman–Crippen MR) is 48.8 cm³/mol. The summed E-state index contributed by atoms with van der Waals surface area (Å²) in [4.78, 5) is 0. The molecule has 0 spiro atoms. The van der Waals surface area contributed by atoms with E-state index in [9.17, 15) is 0 Å². The highest BCUT2D eigenvalue weighted by Crippen LogP contribution is 2.16. The molecule has 0 radical (unpaired) electrons. The van der Waals surface area contributed by atoms with Gasteiger partial charge in [0.2, 0.25) is 0 Å². The Morgan fingerprint density at radius 1 is 0.923 bits per heavy atom. The van der Waals surface area contributed by atoms with Crippen LogP contribution in [0.3, 0.4) is 0 Å². The minimum atomic E-state index is 0.486. The van der Waals surface area contributed by atoms with Crippen molar-refractivity contribution in [3.8, 4) is 0 Å². The molecule has 0 amide bonds. The molecule has 2 heterocycles. The molecule has 2 saturated heterocycles. The topological polar surface area (TPSA) is 27.7 Å². The third kappa shape index (κ3) is 2.93. The van der Waals surface area contributed by atoms with E-state index in [1.54, 1.807) is 0 Å². The highest BCUT2D eigenvalue weighted by atomic mass is 16.5. The molecular weight excluding hydrogens is 168 g/mol. The van der Waals surface area contributed by atoms with Crippen LogP contribution in [0.2, 0.25) is 0 Å². The van der Waals surface area contributed by atoms with Crippen molar-refractivity contribution in [2.24, 2.45) is 0 Å². The third-order valence-corrected chi connectivity index (χ3v) is 2.76. The first kappa shape index (κ1) is 9.44. The molecular formula is C10H18O3. The third-order valence-electron chi connectivity index (χ3n) is 2.76.